The molecule has 126 valence electrons. The molecule has 0 saturated carbocycles. The van der Waals surface area contributed by atoms with Crippen LogP contribution in [-0.4, -0.2) is 26.9 Å². The number of fused-ring (bicyclic) bond motifs is 1. The number of amides is 1. The zero-order valence-corrected chi connectivity index (χ0v) is 13.8. The van der Waals surface area contributed by atoms with E-state index in [9.17, 15) is 14.9 Å². The third-order valence-corrected chi connectivity index (χ3v) is 4.54. The first kappa shape index (κ1) is 16.2. The summed E-state index contributed by atoms with van der Waals surface area (Å²) in [4.78, 5) is 29.0. The Labute approximate surface area is 140 Å². The minimum Gasteiger partial charge on any atom is -0.337 e. The maximum Gasteiger partial charge on any atom is 0.271 e. The molecule has 7 heteroatoms. The van der Waals surface area contributed by atoms with Crippen molar-refractivity contribution in [2.45, 2.75) is 38.6 Å². The van der Waals surface area contributed by atoms with Crippen LogP contribution in [0.25, 0.3) is 0 Å². The molecule has 1 aromatic heterocycles. The molecule has 7 nitrogen and oxygen atoms in total. The van der Waals surface area contributed by atoms with E-state index >= 15 is 0 Å². The maximum absolute atomic E-state index is 12.7. The van der Waals surface area contributed by atoms with E-state index in [4.69, 9.17) is 0 Å². The summed E-state index contributed by atoms with van der Waals surface area (Å²) >= 11 is 0. The van der Waals surface area contributed by atoms with E-state index in [1.54, 1.807) is 23.5 Å². The highest BCUT2D eigenvalue weighted by Gasteiger charge is 2.44. The summed E-state index contributed by atoms with van der Waals surface area (Å²) < 4.78 is 1.99. The third-order valence-electron chi connectivity index (χ3n) is 4.54. The van der Waals surface area contributed by atoms with Gasteiger partial charge in [0.05, 0.1) is 22.4 Å². The Kier molecular flexibility index (Phi) is 4.09. The highest BCUT2D eigenvalue weighted by molar-refractivity contribution is 6.07. The van der Waals surface area contributed by atoms with Crippen LogP contribution in [0.15, 0.2) is 36.9 Å². The van der Waals surface area contributed by atoms with E-state index in [2.05, 4.69) is 4.98 Å². The Morgan fingerprint density at radius 1 is 1.25 bits per heavy atom. The Bertz CT molecular complexity index is 768. The Morgan fingerprint density at radius 2 is 2.00 bits per heavy atom. The van der Waals surface area contributed by atoms with Gasteiger partial charge in [-0.05, 0) is 38.3 Å². The van der Waals surface area contributed by atoms with Crippen LogP contribution < -0.4 is 4.90 Å². The number of benzene rings is 1. The molecular formula is C17H20N4O3. The molecule has 0 saturated heterocycles. The van der Waals surface area contributed by atoms with Gasteiger partial charge in [-0.25, -0.2) is 4.98 Å². The molecule has 1 aromatic carbocycles. The predicted octanol–water partition coefficient (Wildman–Crippen LogP) is 2.90. The normalized spacial score (nSPS) is 15.6. The van der Waals surface area contributed by atoms with Gasteiger partial charge in [0.25, 0.3) is 5.69 Å². The van der Waals surface area contributed by atoms with E-state index in [0.29, 0.717) is 12.2 Å². The molecule has 24 heavy (non-hydrogen) atoms. The summed E-state index contributed by atoms with van der Waals surface area (Å²) in [5.74, 6) is 0.000582. The van der Waals surface area contributed by atoms with Gasteiger partial charge in [-0.2, -0.15) is 0 Å². The van der Waals surface area contributed by atoms with Crippen LogP contribution in [0, 0.1) is 10.1 Å². The number of anilines is 1. The quantitative estimate of drug-likeness (QED) is 0.464. The second-order valence-electron chi connectivity index (χ2n) is 6.55. The molecule has 2 aromatic rings. The molecular weight excluding hydrogens is 308 g/mol. The van der Waals surface area contributed by atoms with E-state index in [1.165, 1.54) is 12.1 Å². The van der Waals surface area contributed by atoms with Crippen molar-refractivity contribution in [2.24, 2.45) is 0 Å². The number of nitro groups is 1. The van der Waals surface area contributed by atoms with Crippen molar-refractivity contribution in [1.29, 1.82) is 0 Å². The number of rotatable bonds is 6. The van der Waals surface area contributed by atoms with E-state index in [0.717, 1.165) is 24.9 Å². The van der Waals surface area contributed by atoms with Gasteiger partial charge in [0, 0.05) is 37.6 Å². The topological polar surface area (TPSA) is 81.3 Å². The van der Waals surface area contributed by atoms with Gasteiger partial charge in [-0.15, -0.1) is 0 Å². The maximum atomic E-state index is 12.7. The smallest absolute Gasteiger partial charge is 0.271 e. The summed E-state index contributed by atoms with van der Waals surface area (Å²) in [6.45, 7) is 5.13. The van der Waals surface area contributed by atoms with Crippen molar-refractivity contribution in [3.8, 4) is 0 Å². The molecule has 0 unspecified atom stereocenters. The molecule has 0 bridgehead atoms. The molecule has 0 spiro atoms. The average Bonchev–Trinajstić information content (AvgIpc) is 3.12. The lowest BCUT2D eigenvalue weighted by Gasteiger charge is -2.20. The van der Waals surface area contributed by atoms with Crippen LogP contribution >= 0.6 is 0 Å². The SMILES string of the molecule is CC1(C)C(=O)N(CCCCn2ccnc2)c2cc([N+](=O)[O-])ccc21. The van der Waals surface area contributed by atoms with Gasteiger partial charge in [0.15, 0.2) is 0 Å². The highest BCUT2D eigenvalue weighted by atomic mass is 16.6. The highest BCUT2D eigenvalue weighted by Crippen LogP contribution is 2.43. The lowest BCUT2D eigenvalue weighted by Crippen LogP contribution is -2.36. The van der Waals surface area contributed by atoms with Crippen LogP contribution in [-0.2, 0) is 16.8 Å². The first-order valence-corrected chi connectivity index (χ1v) is 7.98. The summed E-state index contributed by atoms with van der Waals surface area (Å²) in [6, 6.07) is 4.69. The molecule has 0 radical (unpaired) electrons. The number of hydrogen-bond donors (Lipinski definition) is 0. The number of non-ortho nitro benzene ring substituents is 1. The molecule has 0 atom stereocenters. The molecule has 1 aliphatic rings. The van der Waals surface area contributed by atoms with Crippen LogP contribution in [0.3, 0.4) is 0 Å². The van der Waals surface area contributed by atoms with Crippen LogP contribution in [0.1, 0.15) is 32.3 Å². The average molecular weight is 328 g/mol. The second kappa shape index (κ2) is 6.07. The number of aryl methyl sites for hydroxylation is 1. The van der Waals surface area contributed by atoms with Crippen molar-refractivity contribution in [2.75, 3.05) is 11.4 Å². The van der Waals surface area contributed by atoms with Crippen molar-refractivity contribution >= 4 is 17.3 Å². The van der Waals surface area contributed by atoms with Crippen molar-refractivity contribution in [3.63, 3.8) is 0 Å². The number of carbonyl (C=O) groups is 1. The molecule has 1 aliphatic heterocycles. The fourth-order valence-corrected chi connectivity index (χ4v) is 3.15. The molecule has 3 rings (SSSR count). The van der Waals surface area contributed by atoms with Crippen molar-refractivity contribution < 1.29 is 9.72 Å². The van der Waals surface area contributed by atoms with Crippen LogP contribution in [0.4, 0.5) is 11.4 Å². The van der Waals surface area contributed by atoms with Crippen molar-refractivity contribution in [1.82, 2.24) is 9.55 Å². The monoisotopic (exact) mass is 328 g/mol. The van der Waals surface area contributed by atoms with Gasteiger partial charge in [-0.1, -0.05) is 0 Å². The number of nitrogens with zero attached hydrogens (tertiary/aromatic N) is 4. The summed E-state index contributed by atoms with van der Waals surface area (Å²) in [5.41, 5.74) is 0.895. The van der Waals surface area contributed by atoms with Crippen LogP contribution in [0.5, 0.6) is 0 Å². The van der Waals surface area contributed by atoms with E-state index < -0.39 is 10.3 Å². The molecule has 1 amide bonds. The standard InChI is InChI=1S/C17H20N4O3/c1-17(2)14-6-5-13(21(23)24)11-15(14)20(16(17)22)9-4-3-8-19-10-7-18-12-19/h5-7,10-12H,3-4,8-9H2,1-2H3. The lowest BCUT2D eigenvalue weighted by atomic mass is 9.86. The first-order valence-electron chi connectivity index (χ1n) is 7.98. The summed E-state index contributed by atoms with van der Waals surface area (Å²) in [7, 11) is 0. The Balaban J connectivity index is 1.75. The molecule has 0 aliphatic carbocycles. The van der Waals surface area contributed by atoms with Gasteiger partial charge in [0.2, 0.25) is 5.91 Å². The van der Waals surface area contributed by atoms with E-state index in [1.807, 2.05) is 24.6 Å². The fraction of sp³-hybridized carbons (Fsp3) is 0.412. The summed E-state index contributed by atoms with van der Waals surface area (Å²) in [5, 5.41) is 11.0. The second-order valence-corrected chi connectivity index (χ2v) is 6.55. The Hall–Kier alpha value is -2.70. The number of imidazole rings is 1. The third kappa shape index (κ3) is 2.77. The lowest BCUT2D eigenvalue weighted by molar-refractivity contribution is -0.384. The number of nitro benzene ring substituents is 1. The largest absolute Gasteiger partial charge is 0.337 e. The fourth-order valence-electron chi connectivity index (χ4n) is 3.15. The zero-order chi connectivity index (χ0) is 17.3. The van der Waals surface area contributed by atoms with Crippen LogP contribution in [0.2, 0.25) is 0 Å². The molecule has 0 fully saturated rings. The number of carbonyl (C=O) groups excluding carboxylic acids is 1. The van der Waals surface area contributed by atoms with Gasteiger partial charge < -0.3 is 9.47 Å². The number of unbranched alkanes of at least 4 members (excludes halogenated alkanes) is 1. The summed E-state index contributed by atoms with van der Waals surface area (Å²) in [6.07, 6.45) is 7.14. The molecule has 0 N–H and O–H groups in total. The Morgan fingerprint density at radius 3 is 2.67 bits per heavy atom. The van der Waals surface area contributed by atoms with Gasteiger partial charge in [-0.3, -0.25) is 14.9 Å². The number of aromatic nitrogens is 2. The number of hydrogen-bond acceptors (Lipinski definition) is 4. The van der Waals surface area contributed by atoms with Gasteiger partial charge in [0.1, 0.15) is 0 Å². The zero-order valence-electron chi connectivity index (χ0n) is 13.8. The van der Waals surface area contributed by atoms with Gasteiger partial charge >= 0.3 is 0 Å². The first-order chi connectivity index (χ1) is 11.4. The van der Waals surface area contributed by atoms with Crippen molar-refractivity contribution in [3.05, 3.63) is 52.6 Å². The minimum absolute atomic E-state index is 0.000582. The molecule has 2 heterocycles. The van der Waals surface area contributed by atoms with E-state index in [-0.39, 0.29) is 11.6 Å². The predicted molar refractivity (Wildman–Crippen MR) is 89.9 cm³/mol. The minimum atomic E-state index is -0.644.